The number of ether oxygens (including phenoxy) is 2. The smallest absolute Gasteiger partial charge is 0.223 e. The number of nitrogens with one attached hydrogen (secondary N) is 1. The lowest BCUT2D eigenvalue weighted by molar-refractivity contribution is 0.393. The van der Waals surface area contributed by atoms with Crippen LogP contribution in [0.5, 0.6) is 11.5 Å². The Hall–Kier alpha value is -3.52. The van der Waals surface area contributed by atoms with E-state index in [0.717, 1.165) is 38.9 Å². The number of hydrogen-bond donors (Lipinski definition) is 1. The molecular weight excluding hydrogens is 386 g/mol. The van der Waals surface area contributed by atoms with Crippen LogP contribution in [-0.2, 0) is 6.54 Å². The minimum atomic E-state index is 0.530. The molecule has 0 atom stereocenters. The van der Waals surface area contributed by atoms with Gasteiger partial charge in [0.15, 0.2) is 0 Å². The largest absolute Gasteiger partial charge is 0.497 e. The van der Waals surface area contributed by atoms with Gasteiger partial charge in [-0.15, -0.1) is 11.3 Å². The molecule has 0 unspecified atom stereocenters. The van der Waals surface area contributed by atoms with Crippen molar-refractivity contribution < 1.29 is 9.47 Å². The number of hydrogen-bond acceptors (Lipinski definition) is 8. The van der Waals surface area contributed by atoms with Crippen LogP contribution in [0.1, 0.15) is 5.56 Å². The summed E-state index contributed by atoms with van der Waals surface area (Å²) >= 11 is 1.62. The van der Waals surface area contributed by atoms with E-state index in [-0.39, 0.29) is 0 Å². The second kappa shape index (κ2) is 8.66. The number of aromatic nitrogens is 4. The second-order valence-corrected chi connectivity index (χ2v) is 7.05. The lowest BCUT2D eigenvalue weighted by Crippen LogP contribution is -2.05. The molecule has 3 heterocycles. The molecule has 4 rings (SSSR count). The van der Waals surface area contributed by atoms with Crippen LogP contribution in [0.3, 0.4) is 0 Å². The van der Waals surface area contributed by atoms with Crippen LogP contribution in [0.15, 0.2) is 60.5 Å². The average molecular weight is 405 g/mol. The van der Waals surface area contributed by atoms with E-state index in [1.807, 2.05) is 35.7 Å². The van der Waals surface area contributed by atoms with Gasteiger partial charge in [0, 0.05) is 36.8 Å². The normalized spacial score (nSPS) is 10.6. The molecule has 0 amide bonds. The summed E-state index contributed by atoms with van der Waals surface area (Å²) in [5.41, 5.74) is 3.40. The monoisotopic (exact) mass is 405 g/mol. The lowest BCUT2D eigenvalue weighted by Gasteiger charge is -2.11. The SMILES string of the molecule is COc1cc(CNc2ncc(-c3cnccn3)c(-c3cccs3)n2)cc(OC)c1. The molecule has 1 aromatic carbocycles. The van der Waals surface area contributed by atoms with E-state index in [2.05, 4.69) is 20.3 Å². The standard InChI is InChI=1S/C21H19N5O2S/c1-27-15-8-14(9-16(10-15)28-2)11-24-21-25-12-17(18-13-22-5-6-23-18)20(26-21)19-4-3-7-29-19/h3-10,12-13H,11H2,1-2H3,(H,24,25,26). The molecule has 0 radical (unpaired) electrons. The van der Waals surface area contributed by atoms with Crippen LogP contribution in [-0.4, -0.2) is 34.2 Å². The highest BCUT2D eigenvalue weighted by Gasteiger charge is 2.14. The van der Waals surface area contributed by atoms with Crippen molar-refractivity contribution >= 4 is 17.3 Å². The summed E-state index contributed by atoms with van der Waals surface area (Å²) in [4.78, 5) is 18.8. The van der Waals surface area contributed by atoms with E-state index in [1.165, 1.54) is 0 Å². The summed E-state index contributed by atoms with van der Waals surface area (Å²) < 4.78 is 10.7. The van der Waals surface area contributed by atoms with E-state index in [1.54, 1.807) is 50.3 Å². The maximum absolute atomic E-state index is 5.33. The first-order chi connectivity index (χ1) is 14.3. The Morgan fingerprint density at radius 1 is 1.00 bits per heavy atom. The molecule has 7 nitrogen and oxygen atoms in total. The summed E-state index contributed by atoms with van der Waals surface area (Å²) in [7, 11) is 3.27. The van der Waals surface area contributed by atoms with Crippen molar-refractivity contribution in [3.05, 3.63) is 66.1 Å². The molecule has 0 aliphatic carbocycles. The highest BCUT2D eigenvalue weighted by Crippen LogP contribution is 2.32. The second-order valence-electron chi connectivity index (χ2n) is 6.10. The molecule has 0 saturated carbocycles. The fraction of sp³-hybridized carbons (Fsp3) is 0.143. The van der Waals surface area contributed by atoms with Gasteiger partial charge in [-0.1, -0.05) is 6.07 Å². The molecule has 29 heavy (non-hydrogen) atoms. The Morgan fingerprint density at radius 2 is 1.83 bits per heavy atom. The third kappa shape index (κ3) is 4.33. The van der Waals surface area contributed by atoms with Gasteiger partial charge in [-0.3, -0.25) is 9.97 Å². The maximum Gasteiger partial charge on any atom is 0.223 e. The molecule has 0 fully saturated rings. The first-order valence-electron chi connectivity index (χ1n) is 8.90. The molecule has 0 bridgehead atoms. The quantitative estimate of drug-likeness (QED) is 0.491. The Bertz CT molecular complexity index is 1070. The Labute approximate surface area is 172 Å². The zero-order chi connectivity index (χ0) is 20.1. The molecule has 0 aliphatic rings. The van der Waals surface area contributed by atoms with E-state index >= 15 is 0 Å². The minimum Gasteiger partial charge on any atom is -0.497 e. The van der Waals surface area contributed by atoms with Crippen molar-refractivity contribution in [2.75, 3.05) is 19.5 Å². The highest BCUT2D eigenvalue weighted by molar-refractivity contribution is 7.13. The predicted molar refractivity (Wildman–Crippen MR) is 113 cm³/mol. The van der Waals surface area contributed by atoms with E-state index in [0.29, 0.717) is 12.5 Å². The fourth-order valence-electron chi connectivity index (χ4n) is 2.84. The number of nitrogens with zero attached hydrogens (tertiary/aromatic N) is 4. The first kappa shape index (κ1) is 18.8. The Morgan fingerprint density at radius 3 is 2.48 bits per heavy atom. The van der Waals surface area contributed by atoms with Crippen molar-refractivity contribution in [2.45, 2.75) is 6.54 Å². The van der Waals surface area contributed by atoms with Gasteiger partial charge in [-0.05, 0) is 29.1 Å². The van der Waals surface area contributed by atoms with Crippen molar-refractivity contribution in [3.63, 3.8) is 0 Å². The van der Waals surface area contributed by atoms with E-state index < -0.39 is 0 Å². The molecule has 3 aromatic heterocycles. The molecule has 4 aromatic rings. The lowest BCUT2D eigenvalue weighted by atomic mass is 10.1. The highest BCUT2D eigenvalue weighted by atomic mass is 32.1. The van der Waals surface area contributed by atoms with Gasteiger partial charge < -0.3 is 14.8 Å². The fourth-order valence-corrected chi connectivity index (χ4v) is 3.57. The minimum absolute atomic E-state index is 0.530. The molecule has 0 aliphatic heterocycles. The van der Waals surface area contributed by atoms with Crippen LogP contribution < -0.4 is 14.8 Å². The van der Waals surface area contributed by atoms with Gasteiger partial charge in [0.25, 0.3) is 0 Å². The van der Waals surface area contributed by atoms with Crippen molar-refractivity contribution in [1.82, 2.24) is 19.9 Å². The van der Waals surface area contributed by atoms with Crippen LogP contribution in [0.2, 0.25) is 0 Å². The molecule has 146 valence electrons. The molecule has 8 heteroatoms. The van der Waals surface area contributed by atoms with Gasteiger partial charge in [0.05, 0.1) is 36.7 Å². The number of thiophene rings is 1. The van der Waals surface area contributed by atoms with Gasteiger partial charge in [0.2, 0.25) is 5.95 Å². The van der Waals surface area contributed by atoms with Crippen molar-refractivity contribution in [3.8, 4) is 33.3 Å². The Balaban J connectivity index is 1.63. The zero-order valence-corrected chi connectivity index (χ0v) is 16.8. The van der Waals surface area contributed by atoms with Gasteiger partial charge in [-0.25, -0.2) is 9.97 Å². The zero-order valence-electron chi connectivity index (χ0n) is 16.0. The molecule has 1 N–H and O–H groups in total. The van der Waals surface area contributed by atoms with Crippen LogP contribution in [0, 0.1) is 0 Å². The predicted octanol–water partition coefficient (Wildman–Crippen LogP) is 4.29. The summed E-state index contributed by atoms with van der Waals surface area (Å²) in [5, 5.41) is 5.30. The third-order valence-electron chi connectivity index (χ3n) is 4.24. The topological polar surface area (TPSA) is 82.0 Å². The van der Waals surface area contributed by atoms with Crippen LogP contribution in [0.25, 0.3) is 21.8 Å². The molecule has 0 saturated heterocycles. The van der Waals surface area contributed by atoms with Gasteiger partial charge in [-0.2, -0.15) is 0 Å². The number of rotatable bonds is 7. The maximum atomic E-state index is 5.33. The Kier molecular flexibility index (Phi) is 5.62. The summed E-state index contributed by atoms with van der Waals surface area (Å²) in [6.07, 6.45) is 6.80. The number of anilines is 1. The number of methoxy groups -OCH3 is 2. The summed E-state index contributed by atoms with van der Waals surface area (Å²) in [6, 6.07) is 9.76. The number of benzene rings is 1. The summed E-state index contributed by atoms with van der Waals surface area (Å²) in [6.45, 7) is 0.530. The van der Waals surface area contributed by atoms with Crippen LogP contribution in [0.4, 0.5) is 5.95 Å². The van der Waals surface area contributed by atoms with Gasteiger partial charge >= 0.3 is 0 Å². The molecular formula is C21H19N5O2S. The van der Waals surface area contributed by atoms with Crippen LogP contribution >= 0.6 is 11.3 Å². The van der Waals surface area contributed by atoms with Gasteiger partial charge in [0.1, 0.15) is 11.5 Å². The van der Waals surface area contributed by atoms with Crippen molar-refractivity contribution in [1.29, 1.82) is 0 Å². The van der Waals surface area contributed by atoms with Crippen molar-refractivity contribution in [2.24, 2.45) is 0 Å². The summed E-state index contributed by atoms with van der Waals surface area (Å²) in [5.74, 6) is 2.00. The first-order valence-corrected chi connectivity index (χ1v) is 9.78. The third-order valence-corrected chi connectivity index (χ3v) is 5.12. The van der Waals surface area contributed by atoms with E-state index in [9.17, 15) is 0 Å². The average Bonchev–Trinajstić information content (AvgIpc) is 3.32. The van der Waals surface area contributed by atoms with E-state index in [4.69, 9.17) is 14.5 Å². The molecule has 0 spiro atoms.